The number of morpholine rings is 1. The van der Waals surface area contributed by atoms with Gasteiger partial charge in [-0.25, -0.2) is 0 Å². The van der Waals surface area contributed by atoms with Crippen molar-refractivity contribution in [2.24, 2.45) is 41.4 Å². The van der Waals surface area contributed by atoms with Gasteiger partial charge in [-0.15, -0.1) is 0 Å². The molecule has 97 heavy (non-hydrogen) atoms. The second-order valence-electron chi connectivity index (χ2n) is 29.7. The zero-order chi connectivity index (χ0) is 74.5. The summed E-state index contributed by atoms with van der Waals surface area (Å²) in [6, 6.07) is -13.9. The highest BCUT2D eigenvalue weighted by Crippen LogP contribution is 2.26. The van der Waals surface area contributed by atoms with Crippen molar-refractivity contribution in [1.29, 1.82) is 0 Å². The molecule has 2 saturated heterocycles. The highest BCUT2D eigenvalue weighted by atomic mass is 16.5. The summed E-state index contributed by atoms with van der Waals surface area (Å²) in [6.07, 6.45) is 2.99. The lowest BCUT2D eigenvalue weighted by Crippen LogP contribution is -2.64. The minimum absolute atomic E-state index is 0.0110. The van der Waals surface area contributed by atoms with Crippen molar-refractivity contribution in [3.63, 3.8) is 0 Å². The number of hydrogen-bond acceptors (Lipinski definition) is 15. The first-order valence-electron chi connectivity index (χ1n) is 35.3. The predicted octanol–water partition coefficient (Wildman–Crippen LogP) is 3.76. The summed E-state index contributed by atoms with van der Waals surface area (Å²) in [4.78, 5) is 175. The van der Waals surface area contributed by atoms with Crippen LogP contribution < -0.4 is 21.3 Å². The van der Waals surface area contributed by atoms with Crippen molar-refractivity contribution in [1.82, 2.24) is 60.5 Å². The average Bonchev–Trinajstić information content (AvgIpc) is 0.810. The van der Waals surface area contributed by atoms with Crippen LogP contribution in [-0.4, -0.2) is 276 Å². The molecule has 15 atom stereocenters. The Morgan fingerprint density at radius 2 is 1.05 bits per heavy atom. The van der Waals surface area contributed by atoms with Gasteiger partial charge >= 0.3 is 0 Å². The molecule has 0 aliphatic carbocycles. The van der Waals surface area contributed by atoms with E-state index in [1.807, 2.05) is 47.6 Å². The summed E-state index contributed by atoms with van der Waals surface area (Å²) in [5.74, 6) is -10.5. The lowest BCUT2D eigenvalue weighted by atomic mass is 9.91. The van der Waals surface area contributed by atoms with Crippen LogP contribution in [0.2, 0.25) is 0 Å². The Balaban J connectivity index is 3.05. The Bertz CT molecular complexity index is 2660. The fourth-order valence-corrected chi connectivity index (χ4v) is 12.7. The van der Waals surface area contributed by atoms with Gasteiger partial charge in [0.1, 0.15) is 66.5 Å². The Morgan fingerprint density at radius 3 is 1.58 bits per heavy atom. The van der Waals surface area contributed by atoms with Crippen LogP contribution >= 0.6 is 0 Å². The molecule has 26 nitrogen and oxygen atoms in total. The average molecular weight is 1370 g/mol. The van der Waals surface area contributed by atoms with Crippen LogP contribution in [0.1, 0.15) is 170 Å². The number of aliphatic hydroxyl groups is 1. The molecule has 1 unspecified atom stereocenters. The maximum atomic E-state index is 15.3. The number of nitrogens with zero attached hydrogens (tertiary/aromatic N) is 8. The number of amides is 11. The van der Waals surface area contributed by atoms with Crippen molar-refractivity contribution < 1.29 is 67.3 Å². The topological polar surface area (TPSA) is 300 Å². The lowest BCUT2D eigenvalue weighted by molar-refractivity contribution is -0.157. The number of rotatable bonds is 20. The van der Waals surface area contributed by atoms with E-state index in [-0.39, 0.29) is 68.8 Å². The molecule has 11 amide bonds. The quantitative estimate of drug-likeness (QED) is 0.108. The molecule has 2 fully saturated rings. The molecule has 0 aromatic carbocycles. The van der Waals surface area contributed by atoms with Gasteiger partial charge in [-0.2, -0.15) is 0 Å². The van der Waals surface area contributed by atoms with E-state index in [4.69, 9.17) is 9.47 Å². The van der Waals surface area contributed by atoms with E-state index in [2.05, 4.69) is 40.0 Å². The minimum Gasteiger partial charge on any atom is -0.390 e. The Hall–Kier alpha value is -6.25. The van der Waals surface area contributed by atoms with Gasteiger partial charge in [0.2, 0.25) is 65.0 Å². The van der Waals surface area contributed by atoms with Crippen LogP contribution in [0.15, 0.2) is 12.2 Å². The number of likely N-dealkylation sites (N-methyl/N-ethyl adjacent to an activating group) is 7. The van der Waals surface area contributed by atoms with Gasteiger partial charge in [-0.1, -0.05) is 102 Å². The van der Waals surface area contributed by atoms with Gasteiger partial charge in [0.05, 0.1) is 32.0 Å². The van der Waals surface area contributed by atoms with Crippen molar-refractivity contribution in [2.75, 3.05) is 82.2 Å². The normalized spacial score (nSPS) is 28.1. The number of aliphatic hydroxyl groups excluding tert-OH is 1. The number of ether oxygens (including phenoxy) is 2. The monoisotopic (exact) mass is 1370 g/mol. The highest BCUT2D eigenvalue weighted by Gasteiger charge is 2.46. The van der Waals surface area contributed by atoms with Crippen LogP contribution in [0.3, 0.4) is 0 Å². The molecule has 0 bridgehead atoms. The molecule has 2 rings (SSSR count). The van der Waals surface area contributed by atoms with E-state index in [0.29, 0.717) is 26.0 Å². The number of carbonyl (C=O) groups excluding carboxylic acids is 11. The van der Waals surface area contributed by atoms with Crippen LogP contribution in [0, 0.1) is 41.4 Å². The predicted molar refractivity (Wildman–Crippen MR) is 375 cm³/mol. The summed E-state index contributed by atoms with van der Waals surface area (Å²) >= 11 is 0. The summed E-state index contributed by atoms with van der Waals surface area (Å²) in [7, 11) is 9.96. The Kier molecular flexibility index (Phi) is 35.9. The summed E-state index contributed by atoms with van der Waals surface area (Å²) in [5.41, 5.74) is 0. The molecule has 2 aliphatic rings. The second kappa shape index (κ2) is 40.1. The first-order chi connectivity index (χ1) is 45.0. The SMILES string of the molecule is C/C=C/C[C@@H](C)[C@@H](O)[C@H]1C(=O)N[C@@H](CC)C(=O)N(C)[C@H](C)C(=O)N(C)[C@@H]([C@H](C)COCC2CN(C(C)C)CCO2)C(=O)N[C@@H](C(C)C)C(=O)N(C)[C@@H](CC(C)C)C(=O)N[C@@H](C)C(=O)N[C@H](C)C(=O)N(C)[C@@H](CC(C)C)C(=O)N(C)[C@@H](CCC(C)C)C(=O)N(C)[C@@H](C(C)C)C(=O)N1C. The maximum absolute atomic E-state index is 15.3. The Labute approximate surface area is 581 Å². The summed E-state index contributed by atoms with van der Waals surface area (Å²) < 4.78 is 12.3. The zero-order valence-electron chi connectivity index (χ0n) is 63.9. The molecule has 26 heteroatoms. The second-order valence-corrected chi connectivity index (χ2v) is 29.7. The molecule has 0 spiro atoms. The van der Waals surface area contributed by atoms with Gasteiger partial charge in [-0.05, 0) is 116 Å². The highest BCUT2D eigenvalue weighted by molar-refractivity contribution is 6.00. The number of hydrogen-bond donors (Lipinski definition) is 5. The van der Waals surface area contributed by atoms with E-state index in [9.17, 15) is 29.1 Å². The van der Waals surface area contributed by atoms with E-state index >= 15 is 28.8 Å². The van der Waals surface area contributed by atoms with Crippen LogP contribution in [0.25, 0.3) is 0 Å². The van der Waals surface area contributed by atoms with Crippen LogP contribution in [-0.2, 0) is 62.2 Å². The molecular formula is C71H128N12O14. The van der Waals surface area contributed by atoms with Gasteiger partial charge in [0.25, 0.3) is 0 Å². The first-order valence-corrected chi connectivity index (χ1v) is 35.3. The standard InChI is InChI=1S/C71H128N12O14/c1-27-29-30-46(15)60(84)59-64(88)74-52(28-2)67(91)76(20)50(19)66(90)81(25)58(47(16)38-96-39-51-37-83(45(13)14)33-34-97-51)63(87)75-56(43(9)10)70(94)78(22)54(35-41(5)6)62(86)72-48(17)61(85)73-49(18)65(89)79(23)55(36-42(7)8)69(93)77(21)53(32-31-40(3)4)68(92)80(24)57(44(11)12)71(95)82(59)26/h27,29,40-60,84H,28,30-39H2,1-26H3,(H,72,86)(H,73,85)(H,74,88)(H,75,87)/b29-27+/t46-,47-,48+,49-,50-,51?,52+,53+,54+,55+,56+,57+,58+,59+,60-/m1/s1. The molecule has 556 valence electrons. The third-order valence-electron chi connectivity index (χ3n) is 19.2. The van der Waals surface area contributed by atoms with E-state index in [0.717, 1.165) is 16.3 Å². The van der Waals surface area contributed by atoms with Gasteiger partial charge in [0, 0.05) is 74.4 Å². The molecule has 0 aromatic rings. The largest absolute Gasteiger partial charge is 0.390 e. The number of nitrogens with one attached hydrogen (secondary N) is 4. The molecule has 0 saturated carbocycles. The van der Waals surface area contributed by atoms with Crippen LogP contribution in [0.5, 0.6) is 0 Å². The van der Waals surface area contributed by atoms with Gasteiger partial charge in [-0.3, -0.25) is 57.6 Å². The summed E-state index contributed by atoms with van der Waals surface area (Å²) in [5, 5.41) is 23.4. The molecular weight excluding hydrogens is 1240 g/mol. The molecule has 0 aromatic heterocycles. The first kappa shape index (κ1) is 86.8. The number of carbonyl (C=O) groups is 11. The lowest BCUT2D eigenvalue weighted by Gasteiger charge is -2.41. The zero-order valence-corrected chi connectivity index (χ0v) is 63.9. The van der Waals surface area contributed by atoms with Crippen molar-refractivity contribution in [3.8, 4) is 0 Å². The van der Waals surface area contributed by atoms with Crippen molar-refractivity contribution in [2.45, 2.75) is 255 Å². The van der Waals surface area contributed by atoms with Gasteiger partial charge in [0.15, 0.2) is 0 Å². The Morgan fingerprint density at radius 1 is 0.536 bits per heavy atom. The van der Waals surface area contributed by atoms with Gasteiger partial charge < -0.3 is 70.1 Å². The molecule has 2 heterocycles. The van der Waals surface area contributed by atoms with E-state index < -0.39 is 161 Å². The molecule has 0 radical (unpaired) electrons. The van der Waals surface area contributed by atoms with E-state index in [1.165, 1.54) is 94.6 Å². The molecule has 5 N–H and O–H groups in total. The molecule has 2 aliphatic heterocycles. The van der Waals surface area contributed by atoms with Crippen molar-refractivity contribution >= 4 is 65.0 Å². The smallest absolute Gasteiger partial charge is 0.246 e. The fraction of sp³-hybridized carbons (Fsp3) is 0.817. The third kappa shape index (κ3) is 24.3. The van der Waals surface area contributed by atoms with Crippen molar-refractivity contribution in [3.05, 3.63) is 12.2 Å². The summed E-state index contributed by atoms with van der Waals surface area (Å²) in [6.45, 7) is 35.8. The fourth-order valence-electron chi connectivity index (χ4n) is 12.7. The van der Waals surface area contributed by atoms with E-state index in [1.54, 1.807) is 61.5 Å². The van der Waals surface area contributed by atoms with Crippen LogP contribution in [0.4, 0.5) is 0 Å². The maximum Gasteiger partial charge on any atom is 0.246 e. The number of allylic oxidation sites excluding steroid dienone is 2. The third-order valence-corrected chi connectivity index (χ3v) is 19.2. The minimum atomic E-state index is -1.64.